The monoisotopic (exact) mass is 274 g/mol. The molecule has 2 unspecified atom stereocenters. The second-order valence-corrected chi connectivity index (χ2v) is 5.80. The van der Waals surface area contributed by atoms with E-state index in [4.69, 9.17) is 0 Å². The molecule has 1 fully saturated rings. The molecule has 0 aliphatic carbocycles. The molecule has 0 aromatic heterocycles. The zero-order chi connectivity index (χ0) is 14.4. The molecule has 110 valence electrons. The Hall–Kier alpha value is -1.35. The Balaban J connectivity index is 1.77. The van der Waals surface area contributed by atoms with Crippen molar-refractivity contribution in [2.24, 2.45) is 0 Å². The van der Waals surface area contributed by atoms with Crippen LogP contribution in [0.25, 0.3) is 0 Å². The first kappa shape index (κ1) is 15.0. The van der Waals surface area contributed by atoms with Crippen molar-refractivity contribution in [3.05, 3.63) is 35.4 Å². The van der Waals surface area contributed by atoms with E-state index in [0.717, 1.165) is 19.5 Å². The van der Waals surface area contributed by atoms with Crippen molar-refractivity contribution < 1.29 is 4.79 Å². The largest absolute Gasteiger partial charge is 0.355 e. The van der Waals surface area contributed by atoms with Gasteiger partial charge >= 0.3 is 0 Å². The van der Waals surface area contributed by atoms with Crippen molar-refractivity contribution in [1.82, 2.24) is 10.6 Å². The van der Waals surface area contributed by atoms with Crippen molar-refractivity contribution >= 4 is 5.91 Å². The molecule has 1 amide bonds. The van der Waals surface area contributed by atoms with Gasteiger partial charge in [0.25, 0.3) is 0 Å². The Morgan fingerprint density at radius 1 is 1.40 bits per heavy atom. The molecule has 1 aliphatic heterocycles. The summed E-state index contributed by atoms with van der Waals surface area (Å²) in [6, 6.07) is 9.08. The van der Waals surface area contributed by atoms with Crippen LogP contribution >= 0.6 is 0 Å². The van der Waals surface area contributed by atoms with Gasteiger partial charge in [-0.1, -0.05) is 38.1 Å². The highest BCUT2D eigenvalue weighted by molar-refractivity contribution is 5.76. The number of carbonyl (C=O) groups excluding carboxylic acids is 1. The highest BCUT2D eigenvalue weighted by Gasteiger charge is 2.16. The number of carbonyl (C=O) groups is 1. The van der Waals surface area contributed by atoms with Gasteiger partial charge in [-0.2, -0.15) is 0 Å². The third-order valence-electron chi connectivity index (χ3n) is 4.16. The fourth-order valence-corrected chi connectivity index (χ4v) is 2.72. The van der Waals surface area contributed by atoms with Crippen LogP contribution in [-0.4, -0.2) is 25.0 Å². The van der Waals surface area contributed by atoms with Gasteiger partial charge < -0.3 is 10.6 Å². The summed E-state index contributed by atoms with van der Waals surface area (Å²) in [5, 5.41) is 6.44. The lowest BCUT2D eigenvalue weighted by Crippen LogP contribution is -2.37. The van der Waals surface area contributed by atoms with Gasteiger partial charge in [0.2, 0.25) is 5.91 Å². The Kier molecular flexibility index (Phi) is 5.60. The van der Waals surface area contributed by atoms with Crippen LogP contribution in [0.4, 0.5) is 0 Å². The summed E-state index contributed by atoms with van der Waals surface area (Å²) in [5.41, 5.74) is 2.59. The maximum absolute atomic E-state index is 12.0. The average molecular weight is 274 g/mol. The molecule has 1 aromatic carbocycles. The van der Waals surface area contributed by atoms with Crippen molar-refractivity contribution in [2.75, 3.05) is 13.1 Å². The van der Waals surface area contributed by atoms with E-state index in [-0.39, 0.29) is 11.8 Å². The number of hydrogen-bond donors (Lipinski definition) is 2. The molecule has 1 heterocycles. The normalized spacial score (nSPS) is 19.8. The van der Waals surface area contributed by atoms with E-state index in [1.165, 1.54) is 24.0 Å². The Bertz CT molecular complexity index is 421. The first-order valence-electron chi connectivity index (χ1n) is 7.78. The first-order chi connectivity index (χ1) is 9.69. The van der Waals surface area contributed by atoms with E-state index in [2.05, 4.69) is 48.7 Å². The SMILES string of the molecule is CCc1ccc(C(C)CC(=O)NCC2CCCN2)cc1. The molecule has 2 atom stereocenters. The van der Waals surface area contributed by atoms with Gasteiger partial charge in [-0.25, -0.2) is 0 Å². The van der Waals surface area contributed by atoms with E-state index in [1.54, 1.807) is 0 Å². The third-order valence-corrected chi connectivity index (χ3v) is 4.16. The second kappa shape index (κ2) is 7.44. The predicted octanol–water partition coefficient (Wildman–Crippen LogP) is 2.61. The van der Waals surface area contributed by atoms with E-state index in [9.17, 15) is 4.79 Å². The van der Waals surface area contributed by atoms with Crippen LogP contribution in [0, 0.1) is 0 Å². The van der Waals surface area contributed by atoms with Gasteiger partial charge in [0.05, 0.1) is 0 Å². The lowest BCUT2D eigenvalue weighted by Gasteiger charge is -2.15. The maximum atomic E-state index is 12.0. The van der Waals surface area contributed by atoms with Crippen LogP contribution in [0.2, 0.25) is 0 Å². The summed E-state index contributed by atoms with van der Waals surface area (Å²) in [5.74, 6) is 0.434. The van der Waals surface area contributed by atoms with Crippen LogP contribution in [-0.2, 0) is 11.2 Å². The lowest BCUT2D eigenvalue weighted by atomic mass is 9.96. The highest BCUT2D eigenvalue weighted by Crippen LogP contribution is 2.19. The number of rotatable bonds is 6. The zero-order valence-electron chi connectivity index (χ0n) is 12.6. The molecule has 1 aliphatic rings. The van der Waals surface area contributed by atoms with Gasteiger partial charge in [-0.3, -0.25) is 4.79 Å². The first-order valence-corrected chi connectivity index (χ1v) is 7.78. The molecule has 2 rings (SSSR count). The number of benzene rings is 1. The topological polar surface area (TPSA) is 41.1 Å². The summed E-state index contributed by atoms with van der Waals surface area (Å²) in [4.78, 5) is 12.0. The van der Waals surface area contributed by atoms with E-state index >= 15 is 0 Å². The Labute approximate surface area is 122 Å². The summed E-state index contributed by atoms with van der Waals surface area (Å²) in [6.07, 6.45) is 4.02. The van der Waals surface area contributed by atoms with Crippen LogP contribution in [0.3, 0.4) is 0 Å². The molecule has 3 nitrogen and oxygen atoms in total. The van der Waals surface area contributed by atoms with E-state index < -0.39 is 0 Å². The van der Waals surface area contributed by atoms with Gasteiger partial charge in [-0.15, -0.1) is 0 Å². The molecule has 0 radical (unpaired) electrons. The smallest absolute Gasteiger partial charge is 0.220 e. The van der Waals surface area contributed by atoms with Crippen LogP contribution in [0.1, 0.15) is 50.2 Å². The molecule has 0 bridgehead atoms. The van der Waals surface area contributed by atoms with E-state index in [1.807, 2.05) is 0 Å². The molecular weight excluding hydrogens is 248 g/mol. The Morgan fingerprint density at radius 2 is 2.15 bits per heavy atom. The van der Waals surface area contributed by atoms with Gasteiger partial charge in [0, 0.05) is 19.0 Å². The molecule has 1 saturated heterocycles. The standard InChI is InChI=1S/C17H26N2O/c1-3-14-6-8-15(9-7-14)13(2)11-17(20)19-12-16-5-4-10-18-16/h6-9,13,16,18H,3-5,10-12H2,1-2H3,(H,19,20). The molecule has 20 heavy (non-hydrogen) atoms. The van der Waals surface area contributed by atoms with Gasteiger partial charge in [0.1, 0.15) is 0 Å². The highest BCUT2D eigenvalue weighted by atomic mass is 16.1. The molecule has 0 spiro atoms. The summed E-state index contributed by atoms with van der Waals surface area (Å²) >= 11 is 0. The molecule has 3 heteroatoms. The molecule has 2 N–H and O–H groups in total. The quantitative estimate of drug-likeness (QED) is 0.837. The summed E-state index contributed by atoms with van der Waals surface area (Å²) < 4.78 is 0. The van der Waals surface area contributed by atoms with Crippen LogP contribution in [0.15, 0.2) is 24.3 Å². The fourth-order valence-electron chi connectivity index (χ4n) is 2.72. The van der Waals surface area contributed by atoms with E-state index in [0.29, 0.717) is 12.5 Å². The van der Waals surface area contributed by atoms with Crippen molar-refractivity contribution in [3.63, 3.8) is 0 Å². The molecular formula is C17H26N2O. The van der Waals surface area contributed by atoms with Crippen molar-refractivity contribution in [2.45, 2.75) is 51.5 Å². The van der Waals surface area contributed by atoms with Crippen molar-refractivity contribution in [3.8, 4) is 0 Å². The minimum absolute atomic E-state index is 0.158. The van der Waals surface area contributed by atoms with Crippen molar-refractivity contribution in [1.29, 1.82) is 0 Å². The second-order valence-electron chi connectivity index (χ2n) is 5.80. The average Bonchev–Trinajstić information content (AvgIpc) is 2.98. The van der Waals surface area contributed by atoms with Crippen LogP contribution in [0.5, 0.6) is 0 Å². The number of aryl methyl sites for hydroxylation is 1. The number of nitrogens with one attached hydrogen (secondary N) is 2. The maximum Gasteiger partial charge on any atom is 0.220 e. The van der Waals surface area contributed by atoms with Gasteiger partial charge in [0.15, 0.2) is 0 Å². The molecule has 0 saturated carbocycles. The zero-order valence-corrected chi connectivity index (χ0v) is 12.6. The minimum atomic E-state index is 0.158. The Morgan fingerprint density at radius 3 is 2.75 bits per heavy atom. The summed E-state index contributed by atoms with van der Waals surface area (Å²) in [6.45, 7) is 6.12. The number of amides is 1. The van der Waals surface area contributed by atoms with Gasteiger partial charge in [-0.05, 0) is 42.9 Å². The third kappa shape index (κ3) is 4.34. The fraction of sp³-hybridized carbons (Fsp3) is 0.588. The predicted molar refractivity (Wildman–Crippen MR) is 82.9 cm³/mol. The number of hydrogen-bond acceptors (Lipinski definition) is 2. The molecule has 1 aromatic rings. The minimum Gasteiger partial charge on any atom is -0.355 e. The summed E-state index contributed by atoms with van der Waals surface area (Å²) in [7, 11) is 0. The van der Waals surface area contributed by atoms with Crippen LogP contribution < -0.4 is 10.6 Å². The lowest BCUT2D eigenvalue weighted by molar-refractivity contribution is -0.121.